The largest absolute Gasteiger partial charge is 0.324 e. The molecule has 34 heavy (non-hydrogen) atoms. The van der Waals surface area contributed by atoms with Crippen LogP contribution in [0.4, 0.5) is 16.2 Å². The minimum absolute atomic E-state index is 0.0819. The molecule has 1 fully saturated rings. The van der Waals surface area contributed by atoms with Crippen LogP contribution >= 0.6 is 23.2 Å². The summed E-state index contributed by atoms with van der Waals surface area (Å²) in [4.78, 5) is 29.9. The standard InChI is InChI=1S/C27H27Cl2N3O2/c1-2-23(20-9-4-3-5-10-20)26(33)30-25-17-22(12-13-24(25)29)32-15-7-14-31(27(32)34)18-19-8-6-11-21(28)16-19/h3-6,8-13,16-17,23H,2,7,14-15,18H2,1H3,(H,30,33)/t23-/m1/s1. The van der Waals surface area contributed by atoms with Gasteiger partial charge in [-0.05, 0) is 54.3 Å². The van der Waals surface area contributed by atoms with Crippen molar-refractivity contribution in [1.82, 2.24) is 4.90 Å². The third-order valence-electron chi connectivity index (χ3n) is 6.02. The molecule has 0 aromatic heterocycles. The number of hydrogen-bond acceptors (Lipinski definition) is 2. The molecule has 1 atom stereocenters. The normalized spacial score (nSPS) is 14.7. The Kier molecular flexibility index (Phi) is 7.76. The van der Waals surface area contributed by atoms with E-state index >= 15 is 0 Å². The van der Waals surface area contributed by atoms with Crippen LogP contribution in [0.15, 0.2) is 72.8 Å². The molecule has 3 amide bonds. The van der Waals surface area contributed by atoms with Gasteiger partial charge in [0.2, 0.25) is 5.91 Å². The van der Waals surface area contributed by atoms with Gasteiger partial charge in [0, 0.05) is 30.3 Å². The highest BCUT2D eigenvalue weighted by atomic mass is 35.5. The molecule has 0 bridgehead atoms. The second kappa shape index (κ2) is 10.9. The maximum Gasteiger partial charge on any atom is 0.324 e. The summed E-state index contributed by atoms with van der Waals surface area (Å²) in [5.74, 6) is -0.411. The van der Waals surface area contributed by atoms with Gasteiger partial charge in [-0.25, -0.2) is 4.79 Å². The van der Waals surface area contributed by atoms with E-state index in [2.05, 4.69) is 5.32 Å². The molecule has 0 unspecified atom stereocenters. The molecule has 0 aliphatic carbocycles. The van der Waals surface area contributed by atoms with Crippen molar-refractivity contribution < 1.29 is 9.59 Å². The number of hydrogen-bond donors (Lipinski definition) is 1. The number of amides is 3. The van der Waals surface area contributed by atoms with Crippen molar-refractivity contribution in [1.29, 1.82) is 0 Å². The van der Waals surface area contributed by atoms with Crippen LogP contribution in [0.25, 0.3) is 0 Å². The Balaban J connectivity index is 1.51. The van der Waals surface area contributed by atoms with Gasteiger partial charge in [-0.15, -0.1) is 0 Å². The van der Waals surface area contributed by atoms with E-state index in [4.69, 9.17) is 23.2 Å². The van der Waals surface area contributed by atoms with Crippen molar-refractivity contribution in [3.05, 3.63) is 94.0 Å². The van der Waals surface area contributed by atoms with Gasteiger partial charge in [-0.2, -0.15) is 0 Å². The highest BCUT2D eigenvalue weighted by molar-refractivity contribution is 6.34. The predicted molar refractivity (Wildman–Crippen MR) is 139 cm³/mol. The molecule has 0 spiro atoms. The van der Waals surface area contributed by atoms with Crippen molar-refractivity contribution in [3.63, 3.8) is 0 Å². The molecule has 1 aliphatic heterocycles. The lowest BCUT2D eigenvalue weighted by Gasteiger charge is -2.36. The zero-order chi connectivity index (χ0) is 24.1. The van der Waals surface area contributed by atoms with E-state index in [1.807, 2.05) is 72.5 Å². The number of carbonyl (C=O) groups is 2. The fourth-order valence-corrected chi connectivity index (χ4v) is 4.66. The van der Waals surface area contributed by atoms with E-state index < -0.39 is 0 Å². The summed E-state index contributed by atoms with van der Waals surface area (Å²) in [6.07, 6.45) is 1.50. The van der Waals surface area contributed by atoms with Crippen LogP contribution < -0.4 is 10.2 Å². The van der Waals surface area contributed by atoms with Crippen LogP contribution in [-0.2, 0) is 11.3 Å². The fraction of sp³-hybridized carbons (Fsp3) is 0.259. The second-order valence-corrected chi connectivity index (χ2v) is 9.21. The summed E-state index contributed by atoms with van der Waals surface area (Å²) in [6, 6.07) is 22.5. The second-order valence-electron chi connectivity index (χ2n) is 8.36. The van der Waals surface area contributed by atoms with E-state index in [-0.39, 0.29) is 17.9 Å². The summed E-state index contributed by atoms with van der Waals surface area (Å²) in [7, 11) is 0. The molecule has 1 heterocycles. The lowest BCUT2D eigenvalue weighted by molar-refractivity contribution is -0.117. The molecule has 5 nitrogen and oxygen atoms in total. The number of halogens is 2. The number of nitrogens with zero attached hydrogens (tertiary/aromatic N) is 2. The SMILES string of the molecule is CC[C@@H](C(=O)Nc1cc(N2CCCN(Cc3cccc(Cl)c3)C2=O)ccc1Cl)c1ccccc1. The smallest absolute Gasteiger partial charge is 0.324 e. The van der Waals surface area contributed by atoms with Crippen LogP contribution in [0, 0.1) is 0 Å². The van der Waals surface area contributed by atoms with Gasteiger partial charge in [-0.1, -0.05) is 72.6 Å². The van der Waals surface area contributed by atoms with E-state index in [1.165, 1.54) is 0 Å². The van der Waals surface area contributed by atoms with Crippen molar-refractivity contribution in [2.45, 2.75) is 32.2 Å². The minimum atomic E-state index is -0.286. The first-order valence-electron chi connectivity index (χ1n) is 11.4. The lowest BCUT2D eigenvalue weighted by atomic mass is 9.95. The van der Waals surface area contributed by atoms with Gasteiger partial charge in [0.15, 0.2) is 0 Å². The van der Waals surface area contributed by atoms with Crippen molar-refractivity contribution in [2.24, 2.45) is 0 Å². The third kappa shape index (κ3) is 5.54. The first-order valence-corrected chi connectivity index (χ1v) is 12.2. The van der Waals surface area contributed by atoms with Crippen molar-refractivity contribution >= 4 is 46.5 Å². The van der Waals surface area contributed by atoms with Crippen molar-refractivity contribution in [3.8, 4) is 0 Å². The summed E-state index contributed by atoms with van der Waals surface area (Å²) in [5, 5.41) is 4.06. The monoisotopic (exact) mass is 495 g/mol. The molecule has 3 aromatic rings. The van der Waals surface area contributed by atoms with Crippen LogP contribution in [0.2, 0.25) is 10.0 Å². The molecule has 4 rings (SSSR count). The molecule has 1 aliphatic rings. The molecule has 1 N–H and O–H groups in total. The Labute approximate surface area is 210 Å². The minimum Gasteiger partial charge on any atom is -0.324 e. The Morgan fingerprint density at radius 1 is 1.00 bits per heavy atom. The maximum absolute atomic E-state index is 13.3. The molecular weight excluding hydrogens is 469 g/mol. The van der Waals surface area contributed by atoms with Crippen LogP contribution in [0.1, 0.15) is 36.8 Å². The van der Waals surface area contributed by atoms with Gasteiger partial charge < -0.3 is 10.2 Å². The van der Waals surface area contributed by atoms with E-state index in [0.717, 1.165) is 17.5 Å². The number of benzene rings is 3. The molecule has 0 saturated carbocycles. The van der Waals surface area contributed by atoms with Crippen LogP contribution in [0.5, 0.6) is 0 Å². The van der Waals surface area contributed by atoms with Crippen molar-refractivity contribution in [2.75, 3.05) is 23.3 Å². The lowest BCUT2D eigenvalue weighted by Crippen LogP contribution is -2.49. The van der Waals surface area contributed by atoms with E-state index in [9.17, 15) is 9.59 Å². The van der Waals surface area contributed by atoms with Crippen LogP contribution in [0.3, 0.4) is 0 Å². The maximum atomic E-state index is 13.3. The number of urea groups is 1. The summed E-state index contributed by atoms with van der Waals surface area (Å²) >= 11 is 12.5. The zero-order valence-corrected chi connectivity index (χ0v) is 20.5. The Morgan fingerprint density at radius 3 is 2.53 bits per heavy atom. The quantitative estimate of drug-likeness (QED) is 0.385. The first-order chi connectivity index (χ1) is 16.5. The van der Waals surface area contributed by atoms with E-state index in [1.54, 1.807) is 17.0 Å². The number of carbonyl (C=O) groups excluding carboxylic acids is 2. The average molecular weight is 496 g/mol. The molecule has 176 valence electrons. The van der Waals surface area contributed by atoms with Gasteiger partial charge >= 0.3 is 6.03 Å². The Morgan fingerprint density at radius 2 is 1.79 bits per heavy atom. The summed E-state index contributed by atoms with van der Waals surface area (Å²) in [5.41, 5.74) is 3.14. The molecule has 1 saturated heterocycles. The summed E-state index contributed by atoms with van der Waals surface area (Å²) in [6.45, 7) is 3.74. The van der Waals surface area contributed by atoms with Gasteiger partial charge in [0.1, 0.15) is 0 Å². The van der Waals surface area contributed by atoms with Gasteiger partial charge in [-0.3, -0.25) is 9.69 Å². The molecule has 3 aromatic carbocycles. The fourth-order valence-electron chi connectivity index (χ4n) is 4.28. The summed E-state index contributed by atoms with van der Waals surface area (Å²) < 4.78 is 0. The highest BCUT2D eigenvalue weighted by Gasteiger charge is 2.28. The first kappa shape index (κ1) is 24.1. The van der Waals surface area contributed by atoms with Gasteiger partial charge in [0.25, 0.3) is 0 Å². The Hall–Kier alpha value is -3.02. The number of anilines is 2. The van der Waals surface area contributed by atoms with Crippen LogP contribution in [-0.4, -0.2) is 29.9 Å². The molecular formula is C27H27Cl2N3O2. The predicted octanol–water partition coefficient (Wildman–Crippen LogP) is 6.96. The molecule has 7 heteroatoms. The van der Waals surface area contributed by atoms with E-state index in [0.29, 0.717) is 47.5 Å². The number of rotatable bonds is 7. The third-order valence-corrected chi connectivity index (χ3v) is 6.58. The topological polar surface area (TPSA) is 52.7 Å². The highest BCUT2D eigenvalue weighted by Crippen LogP contribution is 2.31. The number of nitrogens with one attached hydrogen (secondary N) is 1. The van der Waals surface area contributed by atoms with Gasteiger partial charge in [0.05, 0.1) is 16.6 Å². The zero-order valence-electron chi connectivity index (χ0n) is 19.0. The average Bonchev–Trinajstić information content (AvgIpc) is 2.83. The Bertz CT molecular complexity index is 1170. The molecule has 0 radical (unpaired) electrons.